The number of piperidine rings is 2. The molecule has 0 spiro atoms. The maximum Gasteiger partial charge on any atom is 0.329 e. The molecule has 2 saturated heterocycles. The minimum Gasteiger partial charge on any atom is -0.493 e. The Morgan fingerprint density at radius 1 is 0.500 bits per heavy atom. The summed E-state index contributed by atoms with van der Waals surface area (Å²) in [7, 11) is 6.22. The molecule has 0 unspecified atom stereocenters. The Morgan fingerprint density at radius 2 is 0.891 bits per heavy atom. The first kappa shape index (κ1) is 72.8. The summed E-state index contributed by atoms with van der Waals surface area (Å²) in [5, 5.41) is 5.54. The number of nitrogens with one attached hydrogen (secondary N) is 2. The summed E-state index contributed by atoms with van der Waals surface area (Å²) < 4.78 is 57.4. The average molecular weight is 1280 g/mol. The molecule has 0 saturated carbocycles. The molecule has 2 heterocycles. The number of benzene rings is 4. The van der Waals surface area contributed by atoms with E-state index in [0.29, 0.717) is 123 Å². The Balaban J connectivity index is 0.931. The van der Waals surface area contributed by atoms with Gasteiger partial charge < -0.3 is 67.8 Å². The maximum absolute atomic E-state index is 14.1. The standard InChI is InChI=1S/C70H94N4O18/c1-11-69(3,4)63(77)65(79)73-35-15-13-23-53(73)67(81)91-55(29-25-47-27-31-57(83-7)59(41-47)85-9)49-19-17-21-51(43-49)89-45-61(75)71-33-37-87-39-40-88-38-34-72-62(76)46-90-52-22-18-20-50(44-52)56(30-26-48-28-32-58(84-8)60(42-48)86-10)92-68(82)54-24-14-16-36-74(54)66(80)64(78)70(5,6)12-2/h17-22,27-28,31-32,41-44,53-56H,11-16,23-26,29-30,33-40,45-46H2,1-10H3,(H,71,75)(H,72,76)/t53-,54-,55+,56+/m0/s1. The van der Waals surface area contributed by atoms with Crippen molar-refractivity contribution in [2.45, 2.75) is 143 Å². The van der Waals surface area contributed by atoms with Crippen LogP contribution in [0.2, 0.25) is 0 Å². The SMILES string of the molecule is CCC(C)(C)C(=O)C(=O)N1CCCC[C@H]1C(=O)O[C@H](CCc1ccc(OC)c(OC)c1)c1cccc(OCC(=O)NCCOCCOCCNC(=O)COc2cccc([C@@H](CCc3ccc(OC)c(OC)c3)OC(=O)[C@@H]3CCCCN3C(=O)C(=O)C(C)(C)CC)c2)c1. The van der Waals surface area contributed by atoms with Crippen molar-refractivity contribution in [3.05, 3.63) is 107 Å². The van der Waals surface area contributed by atoms with Gasteiger partial charge in [0.05, 0.1) is 54.9 Å². The highest BCUT2D eigenvalue weighted by Gasteiger charge is 2.43. The predicted molar refractivity (Wildman–Crippen MR) is 342 cm³/mol. The molecule has 4 atom stereocenters. The van der Waals surface area contributed by atoms with Gasteiger partial charge in [-0.05, 0) is 148 Å². The van der Waals surface area contributed by atoms with Gasteiger partial charge in [0.2, 0.25) is 11.6 Å². The number of likely N-dealkylation sites (tertiary alicyclic amines) is 2. The van der Waals surface area contributed by atoms with Crippen molar-refractivity contribution in [2.24, 2.45) is 10.8 Å². The van der Waals surface area contributed by atoms with Gasteiger partial charge in [-0.2, -0.15) is 0 Å². The minimum atomic E-state index is -0.928. The zero-order valence-corrected chi connectivity index (χ0v) is 55.2. The first-order valence-electron chi connectivity index (χ1n) is 31.8. The molecule has 0 aliphatic carbocycles. The number of ether oxygens (including phenoxy) is 10. The van der Waals surface area contributed by atoms with Crippen molar-refractivity contribution in [3.8, 4) is 34.5 Å². The van der Waals surface area contributed by atoms with E-state index in [4.69, 9.17) is 47.4 Å². The molecule has 4 amide bonds. The zero-order chi connectivity index (χ0) is 66.8. The third-order valence-corrected chi connectivity index (χ3v) is 17.0. The number of hydrogen-bond acceptors (Lipinski definition) is 18. The number of carbonyl (C=O) groups is 8. The molecule has 4 aromatic carbocycles. The van der Waals surface area contributed by atoms with Crippen molar-refractivity contribution >= 4 is 47.1 Å². The van der Waals surface area contributed by atoms with Crippen molar-refractivity contribution in [3.63, 3.8) is 0 Å². The molecule has 6 rings (SSSR count). The second-order valence-electron chi connectivity index (χ2n) is 24.1. The number of Topliss-reactive ketones (excluding diaryl/α,β-unsaturated/α-hetero) is 2. The number of methoxy groups -OCH3 is 4. The number of esters is 2. The number of hydrogen-bond donors (Lipinski definition) is 2. The van der Waals surface area contributed by atoms with Crippen LogP contribution in [0.5, 0.6) is 34.5 Å². The zero-order valence-electron chi connectivity index (χ0n) is 55.2. The van der Waals surface area contributed by atoms with Crippen LogP contribution >= 0.6 is 0 Å². The van der Waals surface area contributed by atoms with Crippen molar-refractivity contribution in [2.75, 3.05) is 94.3 Å². The Bertz CT molecular complexity index is 2920. The lowest BCUT2D eigenvalue weighted by Gasteiger charge is -2.36. The summed E-state index contributed by atoms with van der Waals surface area (Å²) in [5.74, 6) is -1.45. The van der Waals surface area contributed by atoms with E-state index >= 15 is 0 Å². The molecule has 22 nitrogen and oxygen atoms in total. The Kier molecular flexibility index (Phi) is 28.6. The van der Waals surface area contributed by atoms with E-state index in [1.165, 1.54) is 9.80 Å². The van der Waals surface area contributed by atoms with E-state index in [1.54, 1.807) is 117 Å². The van der Waals surface area contributed by atoms with Gasteiger partial charge in [-0.25, -0.2) is 9.59 Å². The topological polar surface area (TPSA) is 259 Å². The van der Waals surface area contributed by atoms with Crippen molar-refractivity contribution in [1.29, 1.82) is 0 Å². The quantitative estimate of drug-likeness (QED) is 0.0243. The van der Waals surface area contributed by atoms with E-state index in [0.717, 1.165) is 11.1 Å². The lowest BCUT2D eigenvalue weighted by atomic mass is 9.84. The lowest BCUT2D eigenvalue weighted by molar-refractivity contribution is -0.165. The summed E-state index contributed by atoms with van der Waals surface area (Å²) >= 11 is 0. The fraction of sp³-hybridized carbons (Fsp3) is 0.543. The Labute approximate surface area is 540 Å². The van der Waals surface area contributed by atoms with Crippen LogP contribution in [0, 0.1) is 10.8 Å². The molecule has 0 radical (unpaired) electrons. The summed E-state index contributed by atoms with van der Waals surface area (Å²) in [6, 6.07) is 23.2. The summed E-state index contributed by atoms with van der Waals surface area (Å²) in [6.45, 7) is 11.8. The summed E-state index contributed by atoms with van der Waals surface area (Å²) in [5.41, 5.74) is 1.27. The Hall–Kier alpha value is -8.24. The van der Waals surface area contributed by atoms with Gasteiger partial charge in [-0.3, -0.25) is 28.8 Å². The second kappa shape index (κ2) is 36.1. The molecule has 4 aromatic rings. The van der Waals surface area contributed by atoms with Gasteiger partial charge in [0, 0.05) is 37.0 Å². The highest BCUT2D eigenvalue weighted by molar-refractivity contribution is 6.38. The van der Waals surface area contributed by atoms with Crippen LogP contribution < -0.4 is 39.1 Å². The molecule has 2 fully saturated rings. The van der Waals surface area contributed by atoms with Crippen LogP contribution in [0.4, 0.5) is 0 Å². The van der Waals surface area contributed by atoms with Crippen LogP contribution in [0.1, 0.15) is 140 Å². The van der Waals surface area contributed by atoms with Crippen molar-refractivity contribution < 1.29 is 85.7 Å². The predicted octanol–water partition coefficient (Wildman–Crippen LogP) is 8.65. The van der Waals surface area contributed by atoms with Crippen LogP contribution in [-0.4, -0.2) is 163 Å². The molecule has 2 N–H and O–H groups in total. The molecule has 2 aliphatic rings. The molecule has 92 heavy (non-hydrogen) atoms. The van der Waals surface area contributed by atoms with Gasteiger partial charge >= 0.3 is 11.9 Å². The van der Waals surface area contributed by atoms with Gasteiger partial charge in [-0.1, -0.05) is 77.9 Å². The van der Waals surface area contributed by atoms with Gasteiger partial charge in [0.1, 0.15) is 35.8 Å². The van der Waals surface area contributed by atoms with Gasteiger partial charge in [-0.15, -0.1) is 0 Å². The number of aryl methyl sites for hydroxylation is 2. The number of ketones is 2. The summed E-state index contributed by atoms with van der Waals surface area (Å²) in [6.07, 6.45) is 4.43. The number of nitrogens with zero attached hydrogens (tertiary/aromatic N) is 2. The fourth-order valence-electron chi connectivity index (χ4n) is 10.5. The average Bonchev–Trinajstić information content (AvgIpc) is 2.43. The van der Waals surface area contributed by atoms with E-state index in [9.17, 15) is 38.4 Å². The number of rotatable bonds is 37. The third kappa shape index (κ3) is 21.2. The monoisotopic (exact) mass is 1280 g/mol. The molecule has 2 aliphatic heterocycles. The van der Waals surface area contributed by atoms with Crippen molar-refractivity contribution in [1.82, 2.24) is 20.4 Å². The van der Waals surface area contributed by atoms with E-state index < -0.39 is 82.3 Å². The molecular formula is C70H94N4O18. The number of amides is 4. The first-order valence-corrected chi connectivity index (χ1v) is 31.8. The van der Waals surface area contributed by atoms with E-state index in [2.05, 4.69) is 10.6 Å². The highest BCUT2D eigenvalue weighted by atomic mass is 16.6. The summed E-state index contributed by atoms with van der Waals surface area (Å²) in [4.78, 5) is 110. The minimum absolute atomic E-state index is 0.197. The molecule has 22 heteroatoms. The molecule has 0 bridgehead atoms. The molecular weight excluding hydrogens is 1180 g/mol. The van der Waals surface area contributed by atoms with E-state index in [1.807, 2.05) is 38.1 Å². The van der Waals surface area contributed by atoms with Crippen LogP contribution in [0.3, 0.4) is 0 Å². The van der Waals surface area contributed by atoms with E-state index in [-0.39, 0.29) is 65.8 Å². The number of carbonyl (C=O) groups excluding carboxylic acids is 8. The third-order valence-electron chi connectivity index (χ3n) is 17.0. The second-order valence-corrected chi connectivity index (χ2v) is 24.1. The largest absolute Gasteiger partial charge is 0.493 e. The van der Waals surface area contributed by atoms with Crippen LogP contribution in [-0.2, 0) is 70.1 Å². The Morgan fingerprint density at radius 3 is 1.26 bits per heavy atom. The normalized spacial score (nSPS) is 15.6. The maximum atomic E-state index is 14.1. The first-order chi connectivity index (χ1) is 44.2. The lowest BCUT2D eigenvalue weighted by Crippen LogP contribution is -2.53. The smallest absolute Gasteiger partial charge is 0.329 e. The highest BCUT2D eigenvalue weighted by Crippen LogP contribution is 2.36. The fourth-order valence-corrected chi connectivity index (χ4v) is 10.5. The van der Waals surface area contributed by atoms with Crippen LogP contribution in [0.15, 0.2) is 84.9 Å². The van der Waals surface area contributed by atoms with Gasteiger partial charge in [0.15, 0.2) is 36.2 Å². The molecule has 502 valence electrons. The molecule has 0 aromatic heterocycles. The van der Waals surface area contributed by atoms with Gasteiger partial charge in [0.25, 0.3) is 23.6 Å². The van der Waals surface area contributed by atoms with Crippen LogP contribution in [0.25, 0.3) is 0 Å².